The molecule has 90 valence electrons. The summed E-state index contributed by atoms with van der Waals surface area (Å²) in [5.41, 5.74) is 2.68. The van der Waals surface area contributed by atoms with Crippen molar-refractivity contribution >= 4 is 22.9 Å². The lowest BCUT2D eigenvalue weighted by atomic mass is 10.1. The zero-order chi connectivity index (χ0) is 12.1. The average molecular weight is 267 g/mol. The number of hydrogen-bond acceptors (Lipinski definition) is 3. The van der Waals surface area contributed by atoms with E-state index in [-0.39, 0.29) is 0 Å². The van der Waals surface area contributed by atoms with Gasteiger partial charge in [-0.15, -0.1) is 11.3 Å². The smallest absolute Gasteiger partial charge is 0.113 e. The van der Waals surface area contributed by atoms with Crippen molar-refractivity contribution in [2.45, 2.75) is 19.9 Å². The van der Waals surface area contributed by atoms with Crippen molar-refractivity contribution in [3.8, 4) is 0 Å². The van der Waals surface area contributed by atoms with Crippen LogP contribution in [0.3, 0.4) is 0 Å². The predicted molar refractivity (Wildman–Crippen MR) is 73.7 cm³/mol. The maximum Gasteiger partial charge on any atom is 0.113 e. The summed E-state index contributed by atoms with van der Waals surface area (Å²) in [6.07, 6.45) is 2.74. The van der Waals surface area contributed by atoms with Crippen molar-refractivity contribution in [1.29, 1.82) is 0 Å². The highest BCUT2D eigenvalue weighted by molar-refractivity contribution is 7.15. The van der Waals surface area contributed by atoms with Gasteiger partial charge in [0, 0.05) is 6.54 Å². The highest BCUT2D eigenvalue weighted by Crippen LogP contribution is 2.17. The molecular weight excluding hydrogens is 252 g/mol. The number of rotatable bonds is 5. The van der Waals surface area contributed by atoms with Crippen LogP contribution in [0.15, 0.2) is 30.5 Å². The van der Waals surface area contributed by atoms with Crippen molar-refractivity contribution in [1.82, 2.24) is 10.3 Å². The van der Waals surface area contributed by atoms with Crippen molar-refractivity contribution in [2.24, 2.45) is 0 Å². The molecule has 2 nitrogen and oxygen atoms in total. The summed E-state index contributed by atoms with van der Waals surface area (Å²) >= 11 is 7.34. The minimum atomic E-state index is 0.750. The molecule has 0 radical (unpaired) electrons. The number of nitrogens with zero attached hydrogens (tertiary/aromatic N) is 1. The van der Waals surface area contributed by atoms with Gasteiger partial charge in [0.15, 0.2) is 0 Å². The maximum atomic E-state index is 5.81. The minimum Gasteiger partial charge on any atom is -0.310 e. The first-order valence-electron chi connectivity index (χ1n) is 5.60. The Bertz CT molecular complexity index is 482. The molecule has 0 aliphatic carbocycles. The highest BCUT2D eigenvalue weighted by Gasteiger charge is 1.99. The fraction of sp³-hybridized carbons (Fsp3) is 0.308. The van der Waals surface area contributed by atoms with Crippen LogP contribution in [0.4, 0.5) is 0 Å². The summed E-state index contributed by atoms with van der Waals surface area (Å²) in [6.45, 7) is 3.87. The molecule has 2 rings (SSSR count). The van der Waals surface area contributed by atoms with Gasteiger partial charge in [0.05, 0.1) is 6.20 Å². The van der Waals surface area contributed by atoms with Gasteiger partial charge in [0.2, 0.25) is 0 Å². The summed E-state index contributed by atoms with van der Waals surface area (Å²) in [4.78, 5) is 4.20. The fourth-order valence-electron chi connectivity index (χ4n) is 1.67. The van der Waals surface area contributed by atoms with Crippen LogP contribution in [-0.2, 0) is 13.0 Å². The lowest BCUT2D eigenvalue weighted by Gasteiger charge is -2.03. The van der Waals surface area contributed by atoms with E-state index in [4.69, 9.17) is 11.6 Å². The molecule has 17 heavy (non-hydrogen) atoms. The third-order valence-electron chi connectivity index (χ3n) is 2.47. The first-order chi connectivity index (χ1) is 8.24. The fourth-order valence-corrected chi connectivity index (χ4v) is 2.59. The molecule has 1 aromatic heterocycles. The number of aromatic nitrogens is 1. The molecule has 4 heteroatoms. The standard InChI is InChI=1S/C13H15ClN2S/c1-10-3-2-4-11(7-10)5-6-15-9-13-16-8-12(14)17-13/h2-4,7-8,15H,5-6,9H2,1H3. The first-order valence-corrected chi connectivity index (χ1v) is 6.80. The predicted octanol–water partition coefficient (Wildman–Crippen LogP) is 3.44. The van der Waals surface area contributed by atoms with Crippen LogP contribution in [0.1, 0.15) is 16.1 Å². The second kappa shape index (κ2) is 6.15. The van der Waals surface area contributed by atoms with E-state index < -0.39 is 0 Å². The molecule has 1 N–H and O–H groups in total. The SMILES string of the molecule is Cc1cccc(CCNCc2ncc(Cl)s2)c1. The summed E-state index contributed by atoms with van der Waals surface area (Å²) in [5, 5.41) is 4.41. The number of halogens is 1. The first kappa shape index (κ1) is 12.6. The Morgan fingerprint density at radius 2 is 2.29 bits per heavy atom. The molecule has 1 aromatic carbocycles. The van der Waals surface area contributed by atoms with E-state index in [9.17, 15) is 0 Å². The maximum absolute atomic E-state index is 5.81. The zero-order valence-corrected chi connectivity index (χ0v) is 11.3. The van der Waals surface area contributed by atoms with Crippen molar-refractivity contribution < 1.29 is 0 Å². The van der Waals surface area contributed by atoms with Crippen LogP contribution >= 0.6 is 22.9 Å². The van der Waals surface area contributed by atoms with Crippen molar-refractivity contribution in [3.63, 3.8) is 0 Å². The summed E-state index contributed by atoms with van der Waals surface area (Å²) < 4.78 is 0.750. The zero-order valence-electron chi connectivity index (χ0n) is 9.74. The Hall–Kier alpha value is -0.900. The van der Waals surface area contributed by atoms with Crippen molar-refractivity contribution in [3.05, 3.63) is 50.9 Å². The van der Waals surface area contributed by atoms with Gasteiger partial charge in [-0.3, -0.25) is 0 Å². The molecule has 0 unspecified atom stereocenters. The van der Waals surface area contributed by atoms with Gasteiger partial charge >= 0.3 is 0 Å². The van der Waals surface area contributed by atoms with E-state index in [0.29, 0.717) is 0 Å². The van der Waals surface area contributed by atoms with Gasteiger partial charge in [0.25, 0.3) is 0 Å². The third kappa shape index (κ3) is 4.11. The molecule has 0 saturated heterocycles. The van der Waals surface area contributed by atoms with Crippen LogP contribution < -0.4 is 5.32 Å². The number of aryl methyl sites for hydroxylation is 1. The Morgan fingerprint density at radius 1 is 1.41 bits per heavy atom. The van der Waals surface area contributed by atoms with Gasteiger partial charge in [-0.1, -0.05) is 41.4 Å². The summed E-state index contributed by atoms with van der Waals surface area (Å²) in [5.74, 6) is 0. The molecular formula is C13H15ClN2S. The third-order valence-corrected chi connectivity index (χ3v) is 3.59. The van der Waals surface area contributed by atoms with E-state index in [1.807, 2.05) is 0 Å². The molecule has 0 amide bonds. The van der Waals surface area contributed by atoms with Crippen LogP contribution in [0, 0.1) is 6.92 Å². The van der Waals surface area contributed by atoms with Crippen LogP contribution in [-0.4, -0.2) is 11.5 Å². The van der Waals surface area contributed by atoms with Gasteiger partial charge in [-0.05, 0) is 25.5 Å². The van der Waals surface area contributed by atoms with Crippen LogP contribution in [0.25, 0.3) is 0 Å². The number of benzene rings is 1. The van der Waals surface area contributed by atoms with Gasteiger partial charge in [0.1, 0.15) is 9.34 Å². The molecule has 0 atom stereocenters. The summed E-state index contributed by atoms with van der Waals surface area (Å²) in [7, 11) is 0. The number of hydrogen-bond donors (Lipinski definition) is 1. The normalized spacial score (nSPS) is 10.7. The lowest BCUT2D eigenvalue weighted by Crippen LogP contribution is -2.16. The Labute approximate surface area is 111 Å². The average Bonchev–Trinajstić information content (AvgIpc) is 2.71. The van der Waals surface area contributed by atoms with Crippen LogP contribution in [0.5, 0.6) is 0 Å². The second-order valence-corrected chi connectivity index (χ2v) is 5.72. The Morgan fingerprint density at radius 3 is 3.00 bits per heavy atom. The van der Waals surface area contributed by atoms with Crippen LogP contribution in [0.2, 0.25) is 4.34 Å². The van der Waals surface area contributed by atoms with Gasteiger partial charge in [-0.2, -0.15) is 0 Å². The summed E-state index contributed by atoms with van der Waals surface area (Å²) in [6, 6.07) is 8.61. The monoisotopic (exact) mass is 266 g/mol. The van der Waals surface area contributed by atoms with E-state index in [2.05, 4.69) is 41.5 Å². The largest absolute Gasteiger partial charge is 0.310 e. The van der Waals surface area contributed by atoms with E-state index >= 15 is 0 Å². The van der Waals surface area contributed by atoms with E-state index in [0.717, 1.165) is 28.9 Å². The molecule has 2 aromatic rings. The van der Waals surface area contributed by atoms with E-state index in [1.165, 1.54) is 22.5 Å². The Kier molecular flexibility index (Phi) is 4.54. The highest BCUT2D eigenvalue weighted by atomic mass is 35.5. The van der Waals surface area contributed by atoms with Gasteiger partial charge < -0.3 is 5.32 Å². The molecule has 0 aliphatic heterocycles. The van der Waals surface area contributed by atoms with Gasteiger partial charge in [-0.25, -0.2) is 4.98 Å². The topological polar surface area (TPSA) is 24.9 Å². The molecule has 1 heterocycles. The lowest BCUT2D eigenvalue weighted by molar-refractivity contribution is 0.684. The number of nitrogens with one attached hydrogen (secondary N) is 1. The molecule has 0 fully saturated rings. The minimum absolute atomic E-state index is 0.750. The van der Waals surface area contributed by atoms with E-state index in [1.54, 1.807) is 6.20 Å². The molecule has 0 aliphatic rings. The molecule has 0 spiro atoms. The molecule has 0 saturated carbocycles. The van der Waals surface area contributed by atoms with Crippen molar-refractivity contribution in [2.75, 3.05) is 6.54 Å². The Balaban J connectivity index is 1.73. The number of thiazole rings is 1. The molecule has 0 bridgehead atoms. The quantitative estimate of drug-likeness (QED) is 0.839. The second-order valence-electron chi connectivity index (χ2n) is 3.97.